The van der Waals surface area contributed by atoms with Gasteiger partial charge in [-0.15, -0.1) is 11.8 Å². The largest absolute Gasteiger partial charge is 0.494 e. The van der Waals surface area contributed by atoms with Gasteiger partial charge in [0.2, 0.25) is 0 Å². The van der Waals surface area contributed by atoms with Gasteiger partial charge in [0.25, 0.3) is 0 Å². The van der Waals surface area contributed by atoms with Crippen LogP contribution < -0.4 is 4.74 Å². The highest BCUT2D eigenvalue weighted by molar-refractivity contribution is 7.98. The van der Waals surface area contributed by atoms with E-state index in [1.54, 1.807) is 0 Å². The molecule has 0 saturated heterocycles. The third-order valence-corrected chi connectivity index (χ3v) is 5.85. The number of benzene rings is 3. The minimum atomic E-state index is 0.677. The van der Waals surface area contributed by atoms with Crippen LogP contribution in [-0.2, 0) is 12.2 Å². The Morgan fingerprint density at radius 2 is 1.64 bits per heavy atom. The average molecular weight is 389 g/mol. The summed E-state index contributed by atoms with van der Waals surface area (Å²) in [5.41, 5.74) is 5.95. The molecule has 4 heteroatoms. The minimum absolute atomic E-state index is 0.677. The lowest BCUT2D eigenvalue weighted by molar-refractivity contribution is 0.340. The molecule has 0 fully saturated rings. The van der Waals surface area contributed by atoms with Gasteiger partial charge in [0, 0.05) is 16.3 Å². The highest BCUT2D eigenvalue weighted by atomic mass is 32.2. The van der Waals surface area contributed by atoms with Gasteiger partial charge in [-0.2, -0.15) is 0 Å². The molecule has 0 aliphatic rings. The van der Waals surface area contributed by atoms with Crippen LogP contribution in [0.5, 0.6) is 5.75 Å². The Balaban J connectivity index is 1.50. The molecule has 4 rings (SSSR count). The predicted molar refractivity (Wildman–Crippen MR) is 118 cm³/mol. The molecule has 0 aliphatic carbocycles. The zero-order valence-corrected chi connectivity index (χ0v) is 17.1. The summed E-state index contributed by atoms with van der Waals surface area (Å²) in [5.74, 6) is 1.86. The first-order valence-electron chi connectivity index (χ1n) is 9.67. The molecule has 142 valence electrons. The number of hydrogen-bond donors (Lipinski definition) is 0. The van der Waals surface area contributed by atoms with E-state index in [9.17, 15) is 0 Å². The Kier molecular flexibility index (Phi) is 5.68. The molecule has 1 heterocycles. The number of nitrogens with zero attached hydrogens (tertiary/aromatic N) is 2. The van der Waals surface area contributed by atoms with E-state index in [-0.39, 0.29) is 0 Å². The van der Waals surface area contributed by atoms with Crippen LogP contribution in [-0.4, -0.2) is 16.2 Å². The second-order valence-electron chi connectivity index (χ2n) is 6.65. The van der Waals surface area contributed by atoms with E-state index in [1.807, 2.05) is 37.1 Å². The maximum absolute atomic E-state index is 5.53. The van der Waals surface area contributed by atoms with Gasteiger partial charge < -0.3 is 4.74 Å². The zero-order valence-electron chi connectivity index (χ0n) is 16.3. The van der Waals surface area contributed by atoms with Crippen molar-refractivity contribution in [1.82, 2.24) is 9.55 Å². The Bertz CT molecular complexity index is 1050. The van der Waals surface area contributed by atoms with E-state index in [0.29, 0.717) is 6.61 Å². The summed E-state index contributed by atoms with van der Waals surface area (Å²) in [6.45, 7) is 4.86. The highest BCUT2D eigenvalue weighted by Gasteiger charge is 2.07. The first kappa shape index (κ1) is 18.6. The Morgan fingerprint density at radius 1 is 0.893 bits per heavy atom. The molecule has 1 aromatic heterocycles. The molecule has 0 saturated carbocycles. The number of imidazole rings is 1. The van der Waals surface area contributed by atoms with E-state index < -0.39 is 0 Å². The van der Waals surface area contributed by atoms with Crippen molar-refractivity contribution in [2.24, 2.45) is 0 Å². The summed E-state index contributed by atoms with van der Waals surface area (Å²) in [5, 5.41) is 0. The molecule has 0 unspecified atom stereocenters. The van der Waals surface area contributed by atoms with Gasteiger partial charge in [0.05, 0.1) is 17.6 Å². The van der Waals surface area contributed by atoms with Crippen molar-refractivity contribution in [2.45, 2.75) is 30.9 Å². The van der Waals surface area contributed by atoms with Crippen molar-refractivity contribution in [3.8, 4) is 11.4 Å². The van der Waals surface area contributed by atoms with E-state index in [4.69, 9.17) is 4.74 Å². The maximum atomic E-state index is 5.53. The van der Waals surface area contributed by atoms with Crippen molar-refractivity contribution in [1.29, 1.82) is 0 Å². The lowest BCUT2D eigenvalue weighted by Gasteiger charge is -2.07. The first-order valence-corrected chi connectivity index (χ1v) is 10.7. The SMILES string of the molecule is CCOc1ccc(-n2cnc3cc(SCc4ccc(CC)cc4)ccc32)cc1. The third kappa shape index (κ3) is 4.07. The third-order valence-electron chi connectivity index (χ3n) is 4.78. The molecule has 0 aliphatic heterocycles. The van der Waals surface area contributed by atoms with Gasteiger partial charge in [-0.05, 0) is 66.9 Å². The molecule has 0 bridgehead atoms. The van der Waals surface area contributed by atoms with E-state index in [1.165, 1.54) is 16.0 Å². The molecular weight excluding hydrogens is 364 g/mol. The molecule has 4 aromatic rings. The highest BCUT2D eigenvalue weighted by Crippen LogP contribution is 2.28. The molecule has 3 aromatic carbocycles. The van der Waals surface area contributed by atoms with Gasteiger partial charge in [-0.25, -0.2) is 4.98 Å². The van der Waals surface area contributed by atoms with Gasteiger partial charge >= 0.3 is 0 Å². The summed E-state index contributed by atoms with van der Waals surface area (Å²) < 4.78 is 7.64. The summed E-state index contributed by atoms with van der Waals surface area (Å²) in [7, 11) is 0. The summed E-state index contributed by atoms with van der Waals surface area (Å²) in [6, 6.07) is 23.5. The number of ether oxygens (including phenoxy) is 1. The van der Waals surface area contributed by atoms with E-state index in [2.05, 4.69) is 71.1 Å². The van der Waals surface area contributed by atoms with Crippen LogP contribution in [0, 0.1) is 0 Å². The minimum Gasteiger partial charge on any atom is -0.494 e. The quantitative estimate of drug-likeness (QED) is 0.349. The number of fused-ring (bicyclic) bond motifs is 1. The molecule has 0 N–H and O–H groups in total. The van der Waals surface area contributed by atoms with Crippen LogP contribution in [0.15, 0.2) is 78.0 Å². The van der Waals surface area contributed by atoms with Crippen LogP contribution in [0.1, 0.15) is 25.0 Å². The Morgan fingerprint density at radius 3 is 2.36 bits per heavy atom. The fourth-order valence-electron chi connectivity index (χ4n) is 3.20. The van der Waals surface area contributed by atoms with Crippen LogP contribution in [0.4, 0.5) is 0 Å². The van der Waals surface area contributed by atoms with Crippen molar-refractivity contribution in [2.75, 3.05) is 6.61 Å². The Labute approximate surface area is 170 Å². The molecule has 0 spiro atoms. The number of rotatable bonds is 7. The van der Waals surface area contributed by atoms with Gasteiger partial charge in [0.1, 0.15) is 12.1 Å². The molecule has 0 amide bonds. The normalized spacial score (nSPS) is 11.1. The standard InChI is InChI=1S/C24H24N2OS/c1-3-18-5-7-19(8-6-18)16-28-22-13-14-24-23(15-22)25-17-26(24)20-9-11-21(12-10-20)27-4-2/h5-15,17H,3-4,16H2,1-2H3. The number of aromatic nitrogens is 2. The van der Waals surface area contributed by atoms with Crippen LogP contribution in [0.25, 0.3) is 16.7 Å². The lowest BCUT2D eigenvalue weighted by atomic mass is 10.1. The summed E-state index contributed by atoms with van der Waals surface area (Å²) in [4.78, 5) is 5.85. The predicted octanol–water partition coefficient (Wildman–Crippen LogP) is 6.28. The van der Waals surface area contributed by atoms with Crippen molar-refractivity contribution in [3.63, 3.8) is 0 Å². The molecule has 0 radical (unpaired) electrons. The fourth-order valence-corrected chi connectivity index (χ4v) is 4.08. The maximum Gasteiger partial charge on any atom is 0.119 e. The monoisotopic (exact) mass is 388 g/mol. The summed E-state index contributed by atoms with van der Waals surface area (Å²) in [6.07, 6.45) is 2.97. The smallest absolute Gasteiger partial charge is 0.119 e. The Hall–Kier alpha value is -2.72. The van der Waals surface area contributed by atoms with Gasteiger partial charge in [-0.1, -0.05) is 31.2 Å². The number of aryl methyl sites for hydroxylation is 1. The topological polar surface area (TPSA) is 27.1 Å². The van der Waals surface area contributed by atoms with Crippen LogP contribution in [0.2, 0.25) is 0 Å². The summed E-state index contributed by atoms with van der Waals surface area (Å²) >= 11 is 1.85. The molecular formula is C24H24N2OS. The van der Waals surface area contributed by atoms with Crippen molar-refractivity contribution < 1.29 is 4.74 Å². The van der Waals surface area contributed by atoms with Crippen LogP contribution in [0.3, 0.4) is 0 Å². The van der Waals surface area contributed by atoms with Crippen molar-refractivity contribution >= 4 is 22.8 Å². The van der Waals surface area contributed by atoms with Crippen LogP contribution >= 0.6 is 11.8 Å². The van der Waals surface area contributed by atoms with E-state index >= 15 is 0 Å². The van der Waals surface area contributed by atoms with Crippen molar-refractivity contribution in [3.05, 3.63) is 84.2 Å². The van der Waals surface area contributed by atoms with E-state index in [0.717, 1.165) is 34.6 Å². The molecule has 3 nitrogen and oxygen atoms in total. The number of hydrogen-bond acceptors (Lipinski definition) is 3. The molecule has 28 heavy (non-hydrogen) atoms. The lowest BCUT2D eigenvalue weighted by Crippen LogP contribution is -1.94. The zero-order chi connectivity index (χ0) is 19.3. The van der Waals surface area contributed by atoms with Gasteiger partial charge in [-0.3, -0.25) is 4.57 Å². The second-order valence-corrected chi connectivity index (χ2v) is 7.70. The fraction of sp³-hybridized carbons (Fsp3) is 0.208. The second kappa shape index (κ2) is 8.53. The van der Waals surface area contributed by atoms with Gasteiger partial charge in [0.15, 0.2) is 0 Å². The average Bonchev–Trinajstić information content (AvgIpc) is 3.17. The number of thioether (sulfide) groups is 1. The first-order chi connectivity index (χ1) is 13.8. The molecule has 0 atom stereocenters.